The molecule has 3 aromatic carbocycles. The van der Waals surface area contributed by atoms with Gasteiger partial charge in [0.25, 0.3) is 5.69 Å². The first-order valence-electron chi connectivity index (χ1n) is 10.9. The number of aryl methyl sites for hydroxylation is 2. The minimum Gasteiger partial charge on any atom is -0.422 e. The quantitative estimate of drug-likeness (QED) is 0.155. The number of hydrogen-bond acceptors (Lipinski definition) is 4. The first-order valence-corrected chi connectivity index (χ1v) is 10.9. The van der Waals surface area contributed by atoms with Crippen LogP contribution in [0.5, 0.6) is 0 Å². The predicted octanol–water partition coefficient (Wildman–Crippen LogP) is 6.45. The van der Waals surface area contributed by atoms with E-state index >= 15 is 0 Å². The highest BCUT2D eigenvalue weighted by atomic mass is 16.6. The maximum absolute atomic E-state index is 12.6. The Morgan fingerprint density at radius 1 is 0.912 bits per heavy atom. The van der Waals surface area contributed by atoms with E-state index in [1.807, 2.05) is 48.8 Å². The van der Waals surface area contributed by atoms with E-state index in [1.54, 1.807) is 18.2 Å². The van der Waals surface area contributed by atoms with Crippen LogP contribution in [0, 0.1) is 30.9 Å². The highest BCUT2D eigenvalue weighted by Crippen LogP contribution is 2.31. The van der Waals surface area contributed by atoms with Gasteiger partial charge in [0, 0.05) is 34.8 Å². The van der Waals surface area contributed by atoms with Crippen molar-refractivity contribution < 1.29 is 14.5 Å². The molecule has 0 saturated carbocycles. The zero-order chi connectivity index (χ0) is 24.0. The van der Waals surface area contributed by atoms with Crippen molar-refractivity contribution in [3.63, 3.8) is 0 Å². The standard InChI is InChI=1S/C28H22N2O4/c1-17-4-5-21-14-22(7-6-20(21)12-17)27-16-24(28(31)34-27)15-23-13-18(2)29(19(23)3)25-8-10-26(11-9-25)30(32)33/h4-16H,1-3H3/b24-15-. The fourth-order valence-corrected chi connectivity index (χ4v) is 4.37. The molecule has 0 amide bonds. The van der Waals surface area contributed by atoms with Crippen LogP contribution in [0.25, 0.3) is 28.3 Å². The summed E-state index contributed by atoms with van der Waals surface area (Å²) in [6, 6.07) is 20.7. The monoisotopic (exact) mass is 450 g/mol. The maximum Gasteiger partial charge on any atom is 0.343 e. The average Bonchev–Trinajstić information content (AvgIpc) is 3.32. The number of fused-ring (bicyclic) bond motifs is 1. The number of nitro groups is 1. The van der Waals surface area contributed by atoms with Crippen molar-refractivity contribution in [3.05, 3.63) is 117 Å². The summed E-state index contributed by atoms with van der Waals surface area (Å²) in [5, 5.41) is 13.2. The zero-order valence-corrected chi connectivity index (χ0v) is 19.0. The van der Waals surface area contributed by atoms with Gasteiger partial charge in [0.05, 0.1) is 10.5 Å². The first-order chi connectivity index (χ1) is 16.3. The van der Waals surface area contributed by atoms with Crippen LogP contribution in [0.15, 0.2) is 78.4 Å². The van der Waals surface area contributed by atoms with Crippen LogP contribution in [0.4, 0.5) is 5.69 Å². The molecule has 1 aromatic heterocycles. The Bertz CT molecular complexity index is 1540. The lowest BCUT2D eigenvalue weighted by Gasteiger charge is -2.09. The Balaban J connectivity index is 1.49. The molecule has 4 aromatic rings. The van der Waals surface area contributed by atoms with Gasteiger partial charge < -0.3 is 9.30 Å². The van der Waals surface area contributed by atoms with E-state index in [2.05, 4.69) is 25.1 Å². The highest BCUT2D eigenvalue weighted by Gasteiger charge is 2.23. The normalized spacial score (nSPS) is 14.5. The fraction of sp³-hybridized carbons (Fsp3) is 0.107. The first kappa shape index (κ1) is 21.4. The molecule has 5 rings (SSSR count). The second-order valence-electron chi connectivity index (χ2n) is 8.50. The van der Waals surface area contributed by atoms with Crippen molar-refractivity contribution in [2.45, 2.75) is 20.8 Å². The number of nitro benzene ring substituents is 1. The third-order valence-electron chi connectivity index (χ3n) is 6.11. The molecule has 0 N–H and O–H groups in total. The van der Waals surface area contributed by atoms with E-state index in [0.29, 0.717) is 11.3 Å². The Morgan fingerprint density at radius 3 is 2.35 bits per heavy atom. The number of esters is 1. The summed E-state index contributed by atoms with van der Waals surface area (Å²) in [5.41, 5.74) is 6.16. The van der Waals surface area contributed by atoms with Crippen molar-refractivity contribution >= 4 is 34.3 Å². The highest BCUT2D eigenvalue weighted by molar-refractivity contribution is 6.05. The van der Waals surface area contributed by atoms with Crippen LogP contribution in [0.1, 0.15) is 28.1 Å². The Hall–Kier alpha value is -4.45. The number of carbonyl (C=O) groups is 1. The SMILES string of the molecule is Cc1ccc2cc(C3=C/C(=C/c4cc(C)n(-c5ccc([N+](=O)[O-])cc5)c4C)C(=O)O3)ccc2c1. The summed E-state index contributed by atoms with van der Waals surface area (Å²) in [6.45, 7) is 5.98. The van der Waals surface area contributed by atoms with Crippen molar-refractivity contribution in [2.75, 3.05) is 0 Å². The molecule has 2 heterocycles. The van der Waals surface area contributed by atoms with E-state index in [0.717, 1.165) is 39.0 Å². The summed E-state index contributed by atoms with van der Waals surface area (Å²) in [7, 11) is 0. The van der Waals surface area contributed by atoms with Crippen LogP contribution in [0.2, 0.25) is 0 Å². The van der Waals surface area contributed by atoms with E-state index in [-0.39, 0.29) is 11.7 Å². The van der Waals surface area contributed by atoms with E-state index in [1.165, 1.54) is 17.7 Å². The molecule has 34 heavy (non-hydrogen) atoms. The molecule has 1 aliphatic rings. The Kier molecular flexibility index (Phi) is 5.13. The molecule has 0 bridgehead atoms. The lowest BCUT2D eigenvalue weighted by atomic mass is 10.0. The topological polar surface area (TPSA) is 74.4 Å². The van der Waals surface area contributed by atoms with Crippen molar-refractivity contribution in [2.24, 2.45) is 0 Å². The smallest absolute Gasteiger partial charge is 0.343 e. The van der Waals surface area contributed by atoms with Gasteiger partial charge in [-0.25, -0.2) is 4.79 Å². The van der Waals surface area contributed by atoms with Gasteiger partial charge in [-0.05, 0) is 73.5 Å². The van der Waals surface area contributed by atoms with Crippen molar-refractivity contribution in [1.29, 1.82) is 0 Å². The van der Waals surface area contributed by atoms with Gasteiger partial charge in [-0.2, -0.15) is 0 Å². The molecule has 0 aliphatic carbocycles. The van der Waals surface area contributed by atoms with Gasteiger partial charge in [-0.1, -0.05) is 35.9 Å². The summed E-state index contributed by atoms with van der Waals surface area (Å²) in [6.07, 6.45) is 3.60. The summed E-state index contributed by atoms with van der Waals surface area (Å²) in [4.78, 5) is 23.2. The maximum atomic E-state index is 12.6. The van der Waals surface area contributed by atoms with Gasteiger partial charge in [0.15, 0.2) is 0 Å². The van der Waals surface area contributed by atoms with Crippen LogP contribution in [0.3, 0.4) is 0 Å². The van der Waals surface area contributed by atoms with E-state index < -0.39 is 4.92 Å². The molecule has 1 aliphatic heterocycles. The molecule has 0 atom stereocenters. The van der Waals surface area contributed by atoms with Crippen LogP contribution < -0.4 is 0 Å². The van der Waals surface area contributed by atoms with Crippen molar-refractivity contribution in [1.82, 2.24) is 4.57 Å². The number of cyclic esters (lactones) is 1. The number of ether oxygens (including phenoxy) is 1. The third kappa shape index (κ3) is 3.79. The van der Waals surface area contributed by atoms with Gasteiger partial charge in [0.2, 0.25) is 0 Å². The van der Waals surface area contributed by atoms with E-state index in [4.69, 9.17) is 4.74 Å². The molecule has 6 heteroatoms. The largest absolute Gasteiger partial charge is 0.422 e. The zero-order valence-electron chi connectivity index (χ0n) is 19.0. The van der Waals surface area contributed by atoms with Gasteiger partial charge >= 0.3 is 5.97 Å². The van der Waals surface area contributed by atoms with Gasteiger partial charge in [-0.15, -0.1) is 0 Å². The number of aromatic nitrogens is 1. The second-order valence-corrected chi connectivity index (χ2v) is 8.50. The minimum absolute atomic E-state index is 0.0451. The summed E-state index contributed by atoms with van der Waals surface area (Å²) >= 11 is 0. The molecule has 0 spiro atoms. The molecule has 0 fully saturated rings. The Morgan fingerprint density at radius 2 is 1.62 bits per heavy atom. The molecule has 0 saturated heterocycles. The number of non-ortho nitro benzene ring substituents is 1. The molecular weight excluding hydrogens is 428 g/mol. The summed E-state index contributed by atoms with van der Waals surface area (Å²) in [5.74, 6) is 0.141. The molecule has 0 radical (unpaired) electrons. The number of benzene rings is 3. The van der Waals surface area contributed by atoms with E-state index in [9.17, 15) is 14.9 Å². The fourth-order valence-electron chi connectivity index (χ4n) is 4.37. The molecule has 0 unspecified atom stereocenters. The lowest BCUT2D eigenvalue weighted by molar-refractivity contribution is -0.384. The van der Waals surface area contributed by atoms with Crippen molar-refractivity contribution in [3.8, 4) is 5.69 Å². The van der Waals surface area contributed by atoms with Crippen LogP contribution in [-0.2, 0) is 9.53 Å². The number of nitrogens with zero attached hydrogens (tertiary/aromatic N) is 2. The second kappa shape index (κ2) is 8.15. The average molecular weight is 450 g/mol. The molecular formula is C28H22N2O4. The van der Waals surface area contributed by atoms with Crippen LogP contribution in [-0.4, -0.2) is 15.5 Å². The van der Waals surface area contributed by atoms with Gasteiger partial charge in [0.1, 0.15) is 5.76 Å². The molecule has 6 nitrogen and oxygen atoms in total. The van der Waals surface area contributed by atoms with Crippen LogP contribution >= 0.6 is 0 Å². The molecule has 168 valence electrons. The number of hydrogen-bond donors (Lipinski definition) is 0. The minimum atomic E-state index is -0.415. The van der Waals surface area contributed by atoms with Gasteiger partial charge in [-0.3, -0.25) is 10.1 Å². The lowest BCUT2D eigenvalue weighted by Crippen LogP contribution is -2.00. The summed E-state index contributed by atoms with van der Waals surface area (Å²) < 4.78 is 7.59. The third-order valence-corrected chi connectivity index (χ3v) is 6.11. The predicted molar refractivity (Wildman–Crippen MR) is 133 cm³/mol. The number of carbonyl (C=O) groups excluding carboxylic acids is 1. The Labute approximate surface area is 196 Å². The number of rotatable bonds is 4.